The van der Waals surface area contributed by atoms with Gasteiger partial charge in [0.15, 0.2) is 0 Å². The minimum Gasteiger partial charge on any atom is -0.497 e. The summed E-state index contributed by atoms with van der Waals surface area (Å²) < 4.78 is 21.7. The fourth-order valence-corrected chi connectivity index (χ4v) is 2.42. The van der Waals surface area contributed by atoms with Crippen molar-refractivity contribution in [3.63, 3.8) is 0 Å². The molecule has 0 radical (unpaired) electrons. The van der Waals surface area contributed by atoms with Gasteiger partial charge in [0.05, 0.1) is 26.9 Å². The van der Waals surface area contributed by atoms with Crippen molar-refractivity contribution in [2.45, 2.75) is 32.0 Å². The molecule has 1 aliphatic heterocycles. The van der Waals surface area contributed by atoms with Gasteiger partial charge >= 0.3 is 5.97 Å². The van der Waals surface area contributed by atoms with Crippen molar-refractivity contribution in [1.29, 1.82) is 0 Å². The van der Waals surface area contributed by atoms with Crippen molar-refractivity contribution in [2.75, 3.05) is 20.8 Å². The number of rotatable bonds is 4. The van der Waals surface area contributed by atoms with Crippen molar-refractivity contribution >= 4 is 5.97 Å². The number of esters is 1. The molecule has 110 valence electrons. The summed E-state index contributed by atoms with van der Waals surface area (Å²) in [6.07, 6.45) is 1.09. The van der Waals surface area contributed by atoms with Gasteiger partial charge in [-0.3, -0.25) is 4.79 Å². The first-order valence-electron chi connectivity index (χ1n) is 6.64. The molecule has 20 heavy (non-hydrogen) atoms. The van der Waals surface area contributed by atoms with Crippen LogP contribution in [0.3, 0.4) is 0 Å². The second-order valence-corrected chi connectivity index (χ2v) is 4.72. The number of methoxy groups -OCH3 is 2. The molecule has 0 bridgehead atoms. The van der Waals surface area contributed by atoms with E-state index in [4.69, 9.17) is 18.9 Å². The summed E-state index contributed by atoms with van der Waals surface area (Å²) in [6.45, 7) is 1.99. The number of hydrogen-bond acceptors (Lipinski definition) is 5. The predicted molar refractivity (Wildman–Crippen MR) is 73.0 cm³/mol. The molecule has 1 saturated heterocycles. The van der Waals surface area contributed by atoms with Gasteiger partial charge in [0.25, 0.3) is 0 Å². The fourth-order valence-electron chi connectivity index (χ4n) is 2.42. The topological polar surface area (TPSA) is 54.0 Å². The summed E-state index contributed by atoms with van der Waals surface area (Å²) in [5, 5.41) is 0. The Kier molecular flexibility index (Phi) is 4.84. The van der Waals surface area contributed by atoms with Crippen LogP contribution in [0.1, 0.15) is 31.4 Å². The summed E-state index contributed by atoms with van der Waals surface area (Å²) in [5.41, 5.74) is 0.920. The number of hydrogen-bond donors (Lipinski definition) is 0. The van der Waals surface area contributed by atoms with Gasteiger partial charge in [0, 0.05) is 25.3 Å². The largest absolute Gasteiger partial charge is 0.497 e. The fraction of sp³-hybridized carbons (Fsp3) is 0.533. The Morgan fingerprint density at radius 2 is 2.10 bits per heavy atom. The first-order chi connectivity index (χ1) is 9.63. The van der Waals surface area contributed by atoms with E-state index in [0.717, 1.165) is 23.5 Å². The van der Waals surface area contributed by atoms with Gasteiger partial charge in [-0.25, -0.2) is 0 Å². The van der Waals surface area contributed by atoms with Crippen LogP contribution in [-0.2, 0) is 14.3 Å². The lowest BCUT2D eigenvalue weighted by Crippen LogP contribution is -2.27. The second-order valence-electron chi connectivity index (χ2n) is 4.72. The molecule has 0 amide bonds. The zero-order chi connectivity index (χ0) is 14.5. The van der Waals surface area contributed by atoms with E-state index in [1.165, 1.54) is 6.92 Å². The van der Waals surface area contributed by atoms with Crippen LogP contribution in [0, 0.1) is 0 Å². The first kappa shape index (κ1) is 14.7. The van der Waals surface area contributed by atoms with Crippen molar-refractivity contribution < 1.29 is 23.7 Å². The van der Waals surface area contributed by atoms with E-state index in [0.29, 0.717) is 13.0 Å². The Hall–Kier alpha value is -1.75. The summed E-state index contributed by atoms with van der Waals surface area (Å²) in [6, 6.07) is 5.60. The van der Waals surface area contributed by atoms with Gasteiger partial charge in [0.1, 0.15) is 17.6 Å². The molecule has 1 aliphatic rings. The smallest absolute Gasteiger partial charge is 0.302 e. The Morgan fingerprint density at radius 1 is 1.30 bits per heavy atom. The number of carbonyl (C=O) groups excluding carboxylic acids is 1. The third-order valence-corrected chi connectivity index (χ3v) is 3.35. The van der Waals surface area contributed by atoms with E-state index in [1.807, 2.05) is 18.2 Å². The van der Waals surface area contributed by atoms with Gasteiger partial charge in [-0.05, 0) is 18.2 Å². The highest BCUT2D eigenvalue weighted by atomic mass is 16.6. The zero-order valence-electron chi connectivity index (χ0n) is 12.0. The van der Waals surface area contributed by atoms with Crippen LogP contribution in [0.5, 0.6) is 11.5 Å². The minimum absolute atomic E-state index is 0.109. The Bertz CT molecular complexity index is 471. The summed E-state index contributed by atoms with van der Waals surface area (Å²) in [4.78, 5) is 11.1. The van der Waals surface area contributed by atoms with Crippen LogP contribution in [0.4, 0.5) is 0 Å². The normalized spacial score (nSPS) is 22.1. The van der Waals surface area contributed by atoms with Gasteiger partial charge in [-0.2, -0.15) is 0 Å². The Labute approximate surface area is 118 Å². The lowest BCUT2D eigenvalue weighted by Gasteiger charge is -2.30. The molecule has 1 heterocycles. The lowest BCUT2D eigenvalue weighted by atomic mass is 9.98. The summed E-state index contributed by atoms with van der Waals surface area (Å²) in [7, 11) is 3.24. The van der Waals surface area contributed by atoms with Gasteiger partial charge < -0.3 is 18.9 Å². The van der Waals surface area contributed by atoms with E-state index in [9.17, 15) is 4.79 Å². The third kappa shape index (κ3) is 3.42. The van der Waals surface area contributed by atoms with Crippen molar-refractivity contribution in [2.24, 2.45) is 0 Å². The summed E-state index contributed by atoms with van der Waals surface area (Å²) in [5.74, 6) is 1.24. The number of ether oxygens (including phenoxy) is 4. The first-order valence-corrected chi connectivity index (χ1v) is 6.64. The maximum Gasteiger partial charge on any atom is 0.302 e. The van der Waals surface area contributed by atoms with Gasteiger partial charge in [-0.1, -0.05) is 0 Å². The van der Waals surface area contributed by atoms with E-state index in [2.05, 4.69) is 0 Å². The van der Waals surface area contributed by atoms with Crippen LogP contribution < -0.4 is 9.47 Å². The van der Waals surface area contributed by atoms with Crippen LogP contribution >= 0.6 is 0 Å². The molecule has 1 aromatic rings. The molecule has 0 spiro atoms. The molecule has 2 atom stereocenters. The van der Waals surface area contributed by atoms with Crippen LogP contribution in [0.25, 0.3) is 0 Å². The van der Waals surface area contributed by atoms with Crippen molar-refractivity contribution in [3.8, 4) is 11.5 Å². The Morgan fingerprint density at radius 3 is 2.75 bits per heavy atom. The van der Waals surface area contributed by atoms with E-state index in [1.54, 1.807) is 14.2 Å². The highest BCUT2D eigenvalue weighted by molar-refractivity contribution is 5.66. The molecule has 1 fully saturated rings. The maximum atomic E-state index is 11.1. The quantitative estimate of drug-likeness (QED) is 0.793. The van der Waals surface area contributed by atoms with Crippen LogP contribution in [0.15, 0.2) is 18.2 Å². The third-order valence-electron chi connectivity index (χ3n) is 3.35. The second kappa shape index (κ2) is 6.61. The molecule has 5 heteroatoms. The standard InChI is InChI=1S/C15H20O5/c1-10(16)20-12-6-7-19-15(9-12)13-8-11(17-2)4-5-14(13)18-3/h4-5,8,12,15H,6-7,9H2,1-3H3/t12-,15+/m1/s1. The highest BCUT2D eigenvalue weighted by Gasteiger charge is 2.28. The predicted octanol–water partition coefficient (Wildman–Crippen LogP) is 2.49. The molecule has 0 aromatic heterocycles. The molecular weight excluding hydrogens is 260 g/mol. The van der Waals surface area contributed by atoms with Crippen molar-refractivity contribution in [1.82, 2.24) is 0 Å². The monoisotopic (exact) mass is 280 g/mol. The zero-order valence-corrected chi connectivity index (χ0v) is 12.0. The molecule has 0 saturated carbocycles. The lowest BCUT2D eigenvalue weighted by molar-refractivity contribution is -0.153. The molecule has 5 nitrogen and oxygen atoms in total. The van der Waals surface area contributed by atoms with Gasteiger partial charge in [0.2, 0.25) is 0 Å². The highest BCUT2D eigenvalue weighted by Crippen LogP contribution is 2.37. The van der Waals surface area contributed by atoms with E-state index in [-0.39, 0.29) is 18.2 Å². The van der Waals surface area contributed by atoms with Gasteiger partial charge in [-0.15, -0.1) is 0 Å². The van der Waals surface area contributed by atoms with E-state index >= 15 is 0 Å². The average molecular weight is 280 g/mol. The number of carbonyl (C=O) groups is 1. The van der Waals surface area contributed by atoms with Crippen LogP contribution in [0.2, 0.25) is 0 Å². The molecule has 2 rings (SSSR count). The molecule has 0 N–H and O–H groups in total. The van der Waals surface area contributed by atoms with Crippen LogP contribution in [-0.4, -0.2) is 32.9 Å². The maximum absolute atomic E-state index is 11.1. The molecular formula is C15H20O5. The molecule has 0 unspecified atom stereocenters. The van der Waals surface area contributed by atoms with Crippen molar-refractivity contribution in [3.05, 3.63) is 23.8 Å². The average Bonchev–Trinajstić information content (AvgIpc) is 2.46. The summed E-state index contributed by atoms with van der Waals surface area (Å²) >= 11 is 0. The minimum atomic E-state index is -0.256. The van der Waals surface area contributed by atoms with E-state index < -0.39 is 0 Å². The number of benzene rings is 1. The Balaban J connectivity index is 2.18. The molecule has 0 aliphatic carbocycles. The SMILES string of the molecule is COc1ccc(OC)c([C@@H]2C[C@H](OC(C)=O)CCO2)c1. The molecule has 1 aromatic carbocycles.